The van der Waals surface area contributed by atoms with Crippen molar-refractivity contribution in [3.05, 3.63) is 22.3 Å². The van der Waals surface area contributed by atoms with Crippen molar-refractivity contribution in [3.63, 3.8) is 0 Å². The van der Waals surface area contributed by atoms with Crippen molar-refractivity contribution in [3.8, 4) is 0 Å². The molecule has 0 atom stereocenters. The van der Waals surface area contributed by atoms with Gasteiger partial charge >= 0.3 is 12.3 Å². The van der Waals surface area contributed by atoms with Gasteiger partial charge in [0.25, 0.3) is 0 Å². The molecule has 0 fully saturated rings. The molecule has 0 aliphatic heterocycles. The summed E-state index contributed by atoms with van der Waals surface area (Å²) < 4.78 is 43.2. The summed E-state index contributed by atoms with van der Waals surface area (Å²) in [7, 11) is 0. The van der Waals surface area contributed by atoms with Crippen molar-refractivity contribution >= 4 is 27.7 Å². The highest BCUT2D eigenvalue weighted by Crippen LogP contribution is 2.19. The summed E-state index contributed by atoms with van der Waals surface area (Å²) in [6.07, 6.45) is -3.45. The van der Waals surface area contributed by atoms with Crippen LogP contribution in [0.15, 0.2) is 16.7 Å². The molecule has 1 rings (SSSR count). The third-order valence-electron chi connectivity index (χ3n) is 1.68. The molecule has 0 amide bonds. The van der Waals surface area contributed by atoms with Gasteiger partial charge in [-0.05, 0) is 22.0 Å². The number of hydrogen-bond acceptors (Lipinski definition) is 5. The Balaban J connectivity index is 2.48. The molecule has 0 aliphatic carbocycles. The van der Waals surface area contributed by atoms with Gasteiger partial charge < -0.3 is 10.5 Å². The molecule has 1 aromatic rings. The molecule has 0 aliphatic rings. The predicted molar refractivity (Wildman–Crippen MR) is 58.6 cm³/mol. The monoisotopic (exact) mass is 328 g/mol. The molecule has 2 N–H and O–H groups in total. The van der Waals surface area contributed by atoms with Crippen LogP contribution in [0.3, 0.4) is 0 Å². The molecular formula is C9H8BrF3N2O3. The molecule has 100 valence electrons. The highest BCUT2D eigenvalue weighted by atomic mass is 79.9. The number of halogens is 4. The molecule has 5 nitrogen and oxygen atoms in total. The second-order valence-corrected chi connectivity index (χ2v) is 3.87. The van der Waals surface area contributed by atoms with Gasteiger partial charge in [0, 0.05) is 6.20 Å². The zero-order chi connectivity index (χ0) is 13.8. The Kier molecular flexibility index (Phi) is 4.91. The number of rotatable bonds is 4. The quantitative estimate of drug-likeness (QED) is 0.677. The molecule has 0 radical (unpaired) electrons. The van der Waals surface area contributed by atoms with E-state index in [4.69, 9.17) is 5.73 Å². The topological polar surface area (TPSA) is 74.4 Å². The molecule has 9 heteroatoms. The van der Waals surface area contributed by atoms with E-state index < -0.39 is 25.5 Å². The summed E-state index contributed by atoms with van der Waals surface area (Å²) in [4.78, 5) is 15.2. The summed E-state index contributed by atoms with van der Waals surface area (Å²) in [6, 6.07) is 1.25. The molecule has 0 aromatic carbocycles. The van der Waals surface area contributed by atoms with Crippen LogP contribution in [0.1, 0.15) is 10.4 Å². The van der Waals surface area contributed by atoms with Crippen LogP contribution in [-0.4, -0.2) is 30.5 Å². The van der Waals surface area contributed by atoms with Gasteiger partial charge in [-0.1, -0.05) is 0 Å². The fraction of sp³-hybridized carbons (Fsp3) is 0.333. The number of carbonyl (C=O) groups excluding carboxylic acids is 1. The number of nitrogens with zero attached hydrogens (tertiary/aromatic N) is 1. The van der Waals surface area contributed by atoms with E-state index in [1.165, 1.54) is 12.3 Å². The van der Waals surface area contributed by atoms with Crippen molar-refractivity contribution in [2.45, 2.75) is 6.36 Å². The Morgan fingerprint density at radius 1 is 1.44 bits per heavy atom. The number of aromatic nitrogens is 1. The molecule has 0 saturated heterocycles. The number of ether oxygens (including phenoxy) is 2. The standard InChI is InChI=1S/C9H8BrF3N2O3/c10-6-4-15-7(14)3-5(6)8(16)17-1-2-18-9(11,12)13/h3-4H,1-2H2,(H2,14,15). The molecular weight excluding hydrogens is 321 g/mol. The average molecular weight is 329 g/mol. The maximum atomic E-state index is 11.6. The van der Waals surface area contributed by atoms with Gasteiger partial charge in [0.15, 0.2) is 0 Å². The van der Waals surface area contributed by atoms with Gasteiger partial charge in [0.05, 0.1) is 16.6 Å². The highest BCUT2D eigenvalue weighted by molar-refractivity contribution is 9.10. The van der Waals surface area contributed by atoms with E-state index in [9.17, 15) is 18.0 Å². The van der Waals surface area contributed by atoms with Crippen LogP contribution in [0, 0.1) is 0 Å². The lowest BCUT2D eigenvalue weighted by molar-refractivity contribution is -0.326. The van der Waals surface area contributed by atoms with Gasteiger partial charge in [-0.3, -0.25) is 4.74 Å². The smallest absolute Gasteiger partial charge is 0.460 e. The van der Waals surface area contributed by atoms with Gasteiger partial charge in [0.1, 0.15) is 12.4 Å². The maximum absolute atomic E-state index is 11.6. The molecule has 0 bridgehead atoms. The first-order valence-electron chi connectivity index (χ1n) is 4.58. The number of anilines is 1. The first kappa shape index (κ1) is 14.7. The van der Waals surface area contributed by atoms with Crippen LogP contribution in [0.2, 0.25) is 0 Å². The van der Waals surface area contributed by atoms with Crippen LogP contribution in [-0.2, 0) is 9.47 Å². The van der Waals surface area contributed by atoms with Crippen molar-refractivity contribution in [1.29, 1.82) is 0 Å². The lowest BCUT2D eigenvalue weighted by Crippen LogP contribution is -2.19. The van der Waals surface area contributed by atoms with E-state index in [0.717, 1.165) is 0 Å². The number of alkyl halides is 3. The SMILES string of the molecule is Nc1cc(C(=O)OCCOC(F)(F)F)c(Br)cn1. The maximum Gasteiger partial charge on any atom is 0.522 e. The van der Waals surface area contributed by atoms with Crippen molar-refractivity contribution in [2.75, 3.05) is 18.9 Å². The summed E-state index contributed by atoms with van der Waals surface area (Å²) in [5, 5.41) is 0. The Morgan fingerprint density at radius 3 is 2.72 bits per heavy atom. The Labute approximate surface area is 108 Å². The van der Waals surface area contributed by atoms with E-state index in [-0.39, 0.29) is 11.4 Å². The molecule has 0 saturated carbocycles. The Bertz CT molecular complexity index is 440. The van der Waals surface area contributed by atoms with E-state index >= 15 is 0 Å². The van der Waals surface area contributed by atoms with Crippen LogP contribution in [0.5, 0.6) is 0 Å². The number of hydrogen-bond donors (Lipinski definition) is 1. The Morgan fingerprint density at radius 2 is 2.11 bits per heavy atom. The largest absolute Gasteiger partial charge is 0.522 e. The van der Waals surface area contributed by atoms with E-state index in [1.807, 2.05) is 0 Å². The van der Waals surface area contributed by atoms with Gasteiger partial charge in [0.2, 0.25) is 0 Å². The second-order valence-electron chi connectivity index (χ2n) is 3.02. The van der Waals surface area contributed by atoms with Crippen LogP contribution >= 0.6 is 15.9 Å². The normalized spacial score (nSPS) is 11.3. The van der Waals surface area contributed by atoms with Crippen LogP contribution in [0.4, 0.5) is 19.0 Å². The summed E-state index contributed by atoms with van der Waals surface area (Å²) in [6.45, 7) is -1.29. The van der Waals surface area contributed by atoms with E-state index in [1.54, 1.807) is 0 Å². The van der Waals surface area contributed by atoms with E-state index in [0.29, 0.717) is 4.47 Å². The van der Waals surface area contributed by atoms with Crippen molar-refractivity contribution in [2.24, 2.45) is 0 Å². The fourth-order valence-corrected chi connectivity index (χ4v) is 1.36. The summed E-state index contributed by atoms with van der Waals surface area (Å²) in [5.74, 6) is -0.724. The summed E-state index contributed by atoms with van der Waals surface area (Å²) in [5.41, 5.74) is 5.44. The fourth-order valence-electron chi connectivity index (χ4n) is 0.981. The zero-order valence-corrected chi connectivity index (χ0v) is 10.4. The average Bonchev–Trinajstić information content (AvgIpc) is 2.26. The summed E-state index contributed by atoms with van der Waals surface area (Å²) >= 11 is 3.04. The first-order chi connectivity index (χ1) is 8.29. The minimum Gasteiger partial charge on any atom is -0.460 e. The van der Waals surface area contributed by atoms with Gasteiger partial charge in [-0.15, -0.1) is 13.2 Å². The minimum atomic E-state index is -4.74. The third kappa shape index (κ3) is 4.88. The highest BCUT2D eigenvalue weighted by Gasteiger charge is 2.28. The van der Waals surface area contributed by atoms with Crippen molar-refractivity contribution < 1.29 is 27.4 Å². The molecule has 0 unspecified atom stereocenters. The Hall–Kier alpha value is -1.35. The zero-order valence-electron chi connectivity index (χ0n) is 8.83. The number of nitrogens with two attached hydrogens (primary N) is 1. The molecule has 1 heterocycles. The molecule has 1 aromatic heterocycles. The number of carbonyl (C=O) groups is 1. The lowest BCUT2D eigenvalue weighted by Gasteiger charge is -2.08. The van der Waals surface area contributed by atoms with Gasteiger partial charge in [-0.2, -0.15) is 0 Å². The number of esters is 1. The number of pyridine rings is 1. The lowest BCUT2D eigenvalue weighted by atomic mass is 10.2. The second kappa shape index (κ2) is 6.01. The van der Waals surface area contributed by atoms with Crippen molar-refractivity contribution in [1.82, 2.24) is 4.98 Å². The first-order valence-corrected chi connectivity index (χ1v) is 5.38. The van der Waals surface area contributed by atoms with Gasteiger partial charge in [-0.25, -0.2) is 9.78 Å². The van der Waals surface area contributed by atoms with E-state index in [2.05, 4.69) is 30.4 Å². The van der Waals surface area contributed by atoms with Crippen LogP contribution in [0.25, 0.3) is 0 Å². The number of nitrogen functional groups attached to an aromatic ring is 1. The third-order valence-corrected chi connectivity index (χ3v) is 2.31. The predicted octanol–water partition coefficient (Wildman–Crippen LogP) is 2.12. The minimum absolute atomic E-state index is 0.0782. The molecule has 18 heavy (non-hydrogen) atoms. The van der Waals surface area contributed by atoms with Crippen LogP contribution < -0.4 is 5.73 Å². The molecule has 0 spiro atoms.